The van der Waals surface area contributed by atoms with Gasteiger partial charge in [0.25, 0.3) is 5.91 Å². The van der Waals surface area contributed by atoms with Gasteiger partial charge in [0.2, 0.25) is 0 Å². The number of rotatable bonds is 10. The van der Waals surface area contributed by atoms with Crippen LogP contribution in [0.4, 0.5) is 17.1 Å². The molecule has 0 saturated carbocycles. The van der Waals surface area contributed by atoms with Crippen molar-refractivity contribution in [2.24, 2.45) is 5.73 Å². The van der Waals surface area contributed by atoms with E-state index in [4.69, 9.17) is 31.5 Å². The minimum absolute atomic E-state index is 0.0575. The summed E-state index contributed by atoms with van der Waals surface area (Å²) < 4.78 is 10.8. The van der Waals surface area contributed by atoms with Crippen molar-refractivity contribution in [1.29, 1.82) is 5.41 Å². The number of methoxy groups -OCH3 is 1. The monoisotopic (exact) mass is 477 g/mol. The number of hydrogen-bond donors (Lipinski definition) is 6. The molecule has 3 rings (SSSR count). The molecule has 35 heavy (non-hydrogen) atoms. The second-order valence-corrected chi connectivity index (χ2v) is 7.74. The molecular weight excluding hydrogens is 450 g/mol. The Kier molecular flexibility index (Phi) is 7.77. The Bertz CT molecular complexity index is 1260. The van der Waals surface area contributed by atoms with Gasteiger partial charge in [0.1, 0.15) is 5.84 Å². The lowest BCUT2D eigenvalue weighted by Crippen LogP contribution is -2.16. The molecule has 0 aliphatic heterocycles. The van der Waals surface area contributed by atoms with Crippen molar-refractivity contribution >= 4 is 34.8 Å². The second kappa shape index (κ2) is 10.9. The van der Waals surface area contributed by atoms with Crippen LogP contribution in [-0.2, 0) is 11.3 Å². The summed E-state index contributed by atoms with van der Waals surface area (Å²) in [4.78, 5) is 24.1. The van der Waals surface area contributed by atoms with Gasteiger partial charge in [0.15, 0.2) is 18.1 Å². The number of carbonyl (C=O) groups excluding carboxylic acids is 1. The van der Waals surface area contributed by atoms with Gasteiger partial charge in [-0.05, 0) is 49.4 Å². The van der Waals surface area contributed by atoms with E-state index in [2.05, 4.69) is 10.6 Å². The number of nitrogens with two attached hydrogens (primary N) is 2. The molecule has 0 heterocycles. The van der Waals surface area contributed by atoms with Crippen molar-refractivity contribution < 1.29 is 24.2 Å². The van der Waals surface area contributed by atoms with Gasteiger partial charge < -0.3 is 36.7 Å². The molecule has 0 aliphatic rings. The molecule has 182 valence electrons. The molecule has 0 saturated heterocycles. The molecule has 0 aliphatic carbocycles. The van der Waals surface area contributed by atoms with Crippen LogP contribution in [0.15, 0.2) is 54.6 Å². The van der Waals surface area contributed by atoms with Gasteiger partial charge in [0.05, 0.1) is 12.7 Å². The number of nitrogen functional groups attached to an aromatic ring is 2. The van der Waals surface area contributed by atoms with Gasteiger partial charge in [0, 0.05) is 40.8 Å². The summed E-state index contributed by atoms with van der Waals surface area (Å²) in [6.07, 6.45) is 0. The molecular formula is C25H27N5O5. The summed E-state index contributed by atoms with van der Waals surface area (Å²) in [5.74, 6) is -0.965. The van der Waals surface area contributed by atoms with E-state index in [1.54, 1.807) is 48.5 Å². The number of aliphatic carboxylic acids is 1. The number of ether oxygens (including phenoxy) is 2. The Morgan fingerprint density at radius 2 is 1.80 bits per heavy atom. The number of amidine groups is 1. The number of carbonyl (C=O) groups is 2. The lowest BCUT2D eigenvalue weighted by Gasteiger charge is -2.17. The molecule has 0 spiro atoms. The van der Waals surface area contributed by atoms with Gasteiger partial charge in [-0.1, -0.05) is 11.6 Å². The molecule has 3 aromatic carbocycles. The fourth-order valence-electron chi connectivity index (χ4n) is 3.39. The first kappa shape index (κ1) is 24.9. The molecule has 0 unspecified atom stereocenters. The number of nitrogens with one attached hydrogen (secondary N) is 3. The zero-order valence-electron chi connectivity index (χ0n) is 19.3. The van der Waals surface area contributed by atoms with E-state index in [0.29, 0.717) is 39.5 Å². The highest BCUT2D eigenvalue weighted by Crippen LogP contribution is 2.35. The van der Waals surface area contributed by atoms with Crippen molar-refractivity contribution in [2.75, 3.05) is 30.1 Å². The van der Waals surface area contributed by atoms with Gasteiger partial charge in [-0.15, -0.1) is 0 Å². The van der Waals surface area contributed by atoms with Gasteiger partial charge in [-0.3, -0.25) is 10.2 Å². The first-order valence-corrected chi connectivity index (χ1v) is 10.6. The van der Waals surface area contributed by atoms with Crippen molar-refractivity contribution in [3.8, 4) is 11.5 Å². The van der Waals surface area contributed by atoms with Gasteiger partial charge >= 0.3 is 5.97 Å². The third-order valence-electron chi connectivity index (χ3n) is 5.06. The quantitative estimate of drug-likeness (QED) is 0.147. The molecule has 0 bridgehead atoms. The Balaban J connectivity index is 1.84. The number of aryl methyl sites for hydroxylation is 1. The van der Waals surface area contributed by atoms with Crippen molar-refractivity contribution in [3.05, 3.63) is 76.9 Å². The zero-order chi connectivity index (χ0) is 25.5. The normalized spacial score (nSPS) is 10.3. The van der Waals surface area contributed by atoms with Gasteiger partial charge in [-0.25, -0.2) is 4.79 Å². The van der Waals surface area contributed by atoms with Crippen LogP contribution in [0.3, 0.4) is 0 Å². The van der Waals surface area contributed by atoms with Crippen LogP contribution >= 0.6 is 0 Å². The fraction of sp³-hybridized carbons (Fsp3) is 0.160. The molecule has 1 amide bonds. The van der Waals surface area contributed by atoms with Crippen LogP contribution in [0.25, 0.3) is 0 Å². The minimum Gasteiger partial charge on any atom is -0.493 e. The highest BCUT2D eigenvalue weighted by atomic mass is 16.5. The second-order valence-electron chi connectivity index (χ2n) is 7.74. The number of carboxylic acid groups (broad SMARTS) is 1. The first-order chi connectivity index (χ1) is 16.7. The van der Waals surface area contributed by atoms with Crippen LogP contribution in [0.2, 0.25) is 0 Å². The van der Waals surface area contributed by atoms with Gasteiger partial charge in [-0.2, -0.15) is 0 Å². The average molecular weight is 478 g/mol. The fourth-order valence-corrected chi connectivity index (χ4v) is 3.39. The third-order valence-corrected chi connectivity index (χ3v) is 5.06. The summed E-state index contributed by atoms with van der Waals surface area (Å²) in [5.41, 5.74) is 15.4. The molecule has 0 atom stereocenters. The summed E-state index contributed by atoms with van der Waals surface area (Å²) in [7, 11) is 1.44. The van der Waals surface area contributed by atoms with E-state index in [1.807, 2.05) is 13.0 Å². The number of carboxylic acids is 1. The van der Waals surface area contributed by atoms with E-state index in [0.717, 1.165) is 5.56 Å². The molecule has 3 aromatic rings. The van der Waals surface area contributed by atoms with E-state index >= 15 is 0 Å². The summed E-state index contributed by atoms with van der Waals surface area (Å²) in [6, 6.07) is 15.2. The minimum atomic E-state index is -1.13. The van der Waals surface area contributed by atoms with E-state index in [9.17, 15) is 9.59 Å². The molecule has 10 heteroatoms. The van der Waals surface area contributed by atoms with E-state index in [-0.39, 0.29) is 24.0 Å². The molecule has 0 fully saturated rings. The molecule has 0 radical (unpaired) electrons. The highest BCUT2D eigenvalue weighted by Gasteiger charge is 2.17. The Hall–Kier alpha value is -4.73. The van der Waals surface area contributed by atoms with Crippen LogP contribution in [-0.4, -0.2) is 36.5 Å². The Labute approximate surface area is 202 Å². The molecule has 0 aromatic heterocycles. The summed E-state index contributed by atoms with van der Waals surface area (Å²) in [6.45, 7) is 1.52. The van der Waals surface area contributed by atoms with Crippen molar-refractivity contribution in [1.82, 2.24) is 0 Å². The lowest BCUT2D eigenvalue weighted by atomic mass is 10.1. The van der Waals surface area contributed by atoms with Crippen LogP contribution < -0.4 is 31.6 Å². The summed E-state index contributed by atoms with van der Waals surface area (Å²) >= 11 is 0. The first-order valence-electron chi connectivity index (χ1n) is 10.6. The SMILES string of the molecule is COc1cc(N)cc(CNc2ccc(C)cc2C(=O)Nc2ccc(C(=N)N)cc2)c1OCC(=O)O. The number of amides is 1. The van der Waals surface area contributed by atoms with Crippen LogP contribution in [0.1, 0.15) is 27.0 Å². The smallest absolute Gasteiger partial charge is 0.341 e. The van der Waals surface area contributed by atoms with E-state index in [1.165, 1.54) is 7.11 Å². The largest absolute Gasteiger partial charge is 0.493 e. The molecule has 10 nitrogen and oxygen atoms in total. The van der Waals surface area contributed by atoms with E-state index < -0.39 is 12.6 Å². The third kappa shape index (κ3) is 6.41. The van der Waals surface area contributed by atoms with Crippen molar-refractivity contribution in [3.63, 3.8) is 0 Å². The maximum Gasteiger partial charge on any atom is 0.341 e. The maximum absolute atomic E-state index is 13.1. The summed E-state index contributed by atoms with van der Waals surface area (Å²) in [5, 5.41) is 22.5. The maximum atomic E-state index is 13.1. The van der Waals surface area contributed by atoms with Crippen LogP contribution in [0.5, 0.6) is 11.5 Å². The number of benzene rings is 3. The van der Waals surface area contributed by atoms with Crippen molar-refractivity contribution in [2.45, 2.75) is 13.5 Å². The zero-order valence-corrected chi connectivity index (χ0v) is 19.3. The number of anilines is 3. The highest BCUT2D eigenvalue weighted by molar-refractivity contribution is 6.08. The Morgan fingerprint density at radius 1 is 1.09 bits per heavy atom. The van der Waals surface area contributed by atoms with Crippen LogP contribution in [0, 0.1) is 12.3 Å². The Morgan fingerprint density at radius 3 is 2.43 bits per heavy atom. The predicted octanol–water partition coefficient (Wildman–Crippen LogP) is 3.20. The lowest BCUT2D eigenvalue weighted by molar-refractivity contribution is -0.139. The number of hydrogen-bond acceptors (Lipinski definition) is 7. The molecule has 8 N–H and O–H groups in total. The predicted molar refractivity (Wildman–Crippen MR) is 134 cm³/mol. The topological polar surface area (TPSA) is 173 Å². The average Bonchev–Trinajstić information content (AvgIpc) is 2.82. The standard InChI is InChI=1S/C25H27N5O5/c1-14-3-8-20(19(9-14)25(33)30-18-6-4-15(5-7-18)24(27)28)29-12-16-10-17(26)11-21(34-2)23(16)35-13-22(31)32/h3-11,29H,12-13,26H2,1-2H3,(H3,27,28)(H,30,33)(H,31,32).